The number of hydrogen-bond acceptors (Lipinski definition) is 2. The van der Waals surface area contributed by atoms with Gasteiger partial charge in [-0.05, 0) is 56.2 Å². The molecule has 1 aliphatic carbocycles. The summed E-state index contributed by atoms with van der Waals surface area (Å²) in [5.41, 5.74) is 2.33. The fourth-order valence-corrected chi connectivity index (χ4v) is 4.97. The summed E-state index contributed by atoms with van der Waals surface area (Å²) in [7, 11) is 0. The van der Waals surface area contributed by atoms with E-state index >= 15 is 0 Å². The third kappa shape index (κ3) is 4.07. The zero-order chi connectivity index (χ0) is 19.5. The van der Waals surface area contributed by atoms with Crippen molar-refractivity contribution in [3.63, 3.8) is 0 Å². The molecule has 4 nitrogen and oxygen atoms in total. The largest absolute Gasteiger partial charge is 0.335 e. The van der Waals surface area contributed by atoms with Crippen LogP contribution < -0.4 is 10.2 Å². The lowest BCUT2D eigenvalue weighted by molar-refractivity contribution is 0.234. The summed E-state index contributed by atoms with van der Waals surface area (Å²) in [5, 5.41) is 3.37. The maximum atomic E-state index is 13.1. The number of hydrogen-bond donors (Lipinski definition) is 1. The standard InChI is InChI=1S/C24H31N3O/c1-18(2)27(21-11-7-4-8-12-21)24(28)25-23-14-13-20-16-26(17-22(20)23)15-19-9-5-3-6-10-19/h3-12,18,20,22-23H,13-17H2,1-2H3,(H,25,28)/t20-,22+,23+/m1/s1. The lowest BCUT2D eigenvalue weighted by Gasteiger charge is -2.30. The van der Waals surface area contributed by atoms with Crippen LogP contribution in [0, 0.1) is 11.8 Å². The average Bonchev–Trinajstić information content (AvgIpc) is 3.24. The van der Waals surface area contributed by atoms with Crippen molar-refractivity contribution in [1.29, 1.82) is 0 Å². The van der Waals surface area contributed by atoms with Crippen LogP contribution in [0.5, 0.6) is 0 Å². The highest BCUT2D eigenvalue weighted by atomic mass is 16.2. The number of para-hydroxylation sites is 1. The minimum Gasteiger partial charge on any atom is -0.335 e. The Morgan fingerprint density at radius 1 is 1.04 bits per heavy atom. The van der Waals surface area contributed by atoms with E-state index in [4.69, 9.17) is 0 Å². The van der Waals surface area contributed by atoms with Gasteiger partial charge in [-0.1, -0.05) is 48.5 Å². The molecule has 0 aromatic heterocycles. The molecule has 2 amide bonds. The van der Waals surface area contributed by atoms with Crippen LogP contribution in [-0.2, 0) is 6.54 Å². The maximum absolute atomic E-state index is 13.1. The summed E-state index contributed by atoms with van der Waals surface area (Å²) in [5.74, 6) is 1.27. The second-order valence-electron chi connectivity index (χ2n) is 8.54. The van der Waals surface area contributed by atoms with Crippen LogP contribution in [0.3, 0.4) is 0 Å². The molecule has 2 aliphatic rings. The number of anilines is 1. The van der Waals surface area contributed by atoms with E-state index in [0.29, 0.717) is 11.8 Å². The lowest BCUT2D eigenvalue weighted by Crippen LogP contribution is -2.49. The molecule has 1 heterocycles. The first-order valence-corrected chi connectivity index (χ1v) is 10.5. The normalized spacial score (nSPS) is 24.3. The molecule has 3 atom stereocenters. The summed E-state index contributed by atoms with van der Waals surface area (Å²) < 4.78 is 0. The number of rotatable bonds is 5. The third-order valence-electron chi connectivity index (χ3n) is 6.26. The van der Waals surface area contributed by atoms with Crippen molar-refractivity contribution >= 4 is 11.7 Å². The van der Waals surface area contributed by atoms with E-state index in [2.05, 4.69) is 54.4 Å². The minimum absolute atomic E-state index is 0.0355. The smallest absolute Gasteiger partial charge is 0.322 e. The highest BCUT2D eigenvalue weighted by Crippen LogP contribution is 2.39. The number of amides is 2. The summed E-state index contributed by atoms with van der Waals surface area (Å²) in [4.78, 5) is 17.5. The van der Waals surface area contributed by atoms with Gasteiger partial charge in [0.2, 0.25) is 0 Å². The van der Waals surface area contributed by atoms with Crippen LogP contribution in [0.15, 0.2) is 60.7 Å². The van der Waals surface area contributed by atoms with Gasteiger partial charge in [-0.15, -0.1) is 0 Å². The van der Waals surface area contributed by atoms with Crippen LogP contribution in [0.2, 0.25) is 0 Å². The van der Waals surface area contributed by atoms with Crippen molar-refractivity contribution in [2.45, 2.75) is 45.3 Å². The van der Waals surface area contributed by atoms with E-state index in [1.807, 2.05) is 35.2 Å². The minimum atomic E-state index is 0.0355. The topological polar surface area (TPSA) is 35.6 Å². The Hall–Kier alpha value is -2.33. The van der Waals surface area contributed by atoms with Gasteiger partial charge in [-0.25, -0.2) is 4.79 Å². The van der Waals surface area contributed by atoms with Crippen molar-refractivity contribution in [2.75, 3.05) is 18.0 Å². The van der Waals surface area contributed by atoms with Crippen molar-refractivity contribution in [1.82, 2.24) is 10.2 Å². The molecule has 1 saturated carbocycles. The Morgan fingerprint density at radius 3 is 2.39 bits per heavy atom. The molecular formula is C24H31N3O. The molecule has 0 bridgehead atoms. The Labute approximate surface area is 168 Å². The van der Waals surface area contributed by atoms with Crippen LogP contribution >= 0.6 is 0 Å². The monoisotopic (exact) mass is 377 g/mol. The first-order valence-electron chi connectivity index (χ1n) is 10.5. The van der Waals surface area contributed by atoms with Gasteiger partial charge in [0.05, 0.1) is 0 Å². The van der Waals surface area contributed by atoms with Gasteiger partial charge >= 0.3 is 6.03 Å². The molecule has 4 rings (SSSR count). The highest BCUT2D eigenvalue weighted by Gasteiger charge is 2.43. The second kappa shape index (κ2) is 8.36. The number of urea groups is 1. The molecule has 1 aliphatic heterocycles. The van der Waals surface area contributed by atoms with E-state index < -0.39 is 0 Å². The quantitative estimate of drug-likeness (QED) is 0.831. The Balaban J connectivity index is 1.39. The van der Waals surface area contributed by atoms with Gasteiger partial charge in [0, 0.05) is 37.4 Å². The van der Waals surface area contributed by atoms with Crippen molar-refractivity contribution in [3.8, 4) is 0 Å². The summed E-state index contributed by atoms with van der Waals surface area (Å²) in [6.07, 6.45) is 2.31. The zero-order valence-corrected chi connectivity index (χ0v) is 16.9. The molecule has 0 radical (unpaired) electrons. The molecule has 28 heavy (non-hydrogen) atoms. The van der Waals surface area contributed by atoms with Gasteiger partial charge in [0.1, 0.15) is 0 Å². The molecule has 0 spiro atoms. The van der Waals surface area contributed by atoms with Crippen molar-refractivity contribution in [3.05, 3.63) is 66.2 Å². The number of fused-ring (bicyclic) bond motifs is 1. The van der Waals surface area contributed by atoms with Crippen LogP contribution in [-0.4, -0.2) is 36.1 Å². The fraction of sp³-hybridized carbons (Fsp3) is 0.458. The predicted octanol–water partition coefficient (Wildman–Crippen LogP) is 4.52. The van der Waals surface area contributed by atoms with E-state index in [-0.39, 0.29) is 18.1 Å². The number of nitrogens with zero attached hydrogens (tertiary/aromatic N) is 2. The summed E-state index contributed by atoms with van der Waals surface area (Å²) in [6.45, 7) is 7.38. The first kappa shape index (κ1) is 19.0. The lowest BCUT2D eigenvalue weighted by atomic mass is 9.98. The molecule has 148 valence electrons. The Morgan fingerprint density at radius 2 is 1.71 bits per heavy atom. The van der Waals surface area contributed by atoms with Gasteiger partial charge in [0.25, 0.3) is 0 Å². The number of carbonyl (C=O) groups excluding carboxylic acids is 1. The molecule has 2 aromatic carbocycles. The molecule has 1 N–H and O–H groups in total. The van der Waals surface area contributed by atoms with Gasteiger partial charge < -0.3 is 5.32 Å². The van der Waals surface area contributed by atoms with E-state index in [9.17, 15) is 4.79 Å². The molecular weight excluding hydrogens is 346 g/mol. The van der Waals surface area contributed by atoms with Gasteiger partial charge in [0.15, 0.2) is 0 Å². The molecule has 2 fully saturated rings. The van der Waals surface area contributed by atoms with Gasteiger partial charge in [-0.3, -0.25) is 9.80 Å². The molecule has 1 saturated heterocycles. The van der Waals surface area contributed by atoms with E-state index in [0.717, 1.165) is 31.7 Å². The van der Waals surface area contributed by atoms with Crippen LogP contribution in [0.25, 0.3) is 0 Å². The van der Waals surface area contributed by atoms with Crippen LogP contribution in [0.4, 0.5) is 10.5 Å². The first-order chi connectivity index (χ1) is 13.6. The molecule has 4 heteroatoms. The second-order valence-corrected chi connectivity index (χ2v) is 8.54. The summed E-state index contributed by atoms with van der Waals surface area (Å²) >= 11 is 0. The molecule has 0 unspecified atom stereocenters. The molecule has 2 aromatic rings. The van der Waals surface area contributed by atoms with E-state index in [1.165, 1.54) is 12.0 Å². The van der Waals surface area contributed by atoms with Crippen LogP contribution in [0.1, 0.15) is 32.3 Å². The predicted molar refractivity (Wildman–Crippen MR) is 114 cm³/mol. The Bertz CT molecular complexity index is 777. The number of carbonyl (C=O) groups is 1. The number of likely N-dealkylation sites (tertiary alicyclic amines) is 1. The van der Waals surface area contributed by atoms with Crippen molar-refractivity contribution < 1.29 is 4.79 Å². The fourth-order valence-electron chi connectivity index (χ4n) is 4.97. The number of benzene rings is 2. The third-order valence-corrected chi connectivity index (χ3v) is 6.26. The maximum Gasteiger partial charge on any atom is 0.322 e. The Kier molecular flexibility index (Phi) is 5.67. The highest BCUT2D eigenvalue weighted by molar-refractivity contribution is 5.92. The SMILES string of the molecule is CC(C)N(C(=O)N[C@H]1CC[C@@H]2CN(Cc3ccccc3)C[C@@H]21)c1ccccc1. The zero-order valence-electron chi connectivity index (χ0n) is 16.9. The van der Waals surface area contributed by atoms with E-state index in [1.54, 1.807) is 0 Å². The average molecular weight is 378 g/mol. The summed E-state index contributed by atoms with van der Waals surface area (Å²) in [6, 6.07) is 21.1. The number of nitrogens with one attached hydrogen (secondary N) is 1. The van der Waals surface area contributed by atoms with Gasteiger partial charge in [-0.2, -0.15) is 0 Å². The van der Waals surface area contributed by atoms with Crippen molar-refractivity contribution in [2.24, 2.45) is 11.8 Å².